The van der Waals surface area contributed by atoms with Gasteiger partial charge >= 0.3 is 6.03 Å². The topological polar surface area (TPSA) is 171 Å². The Bertz CT molecular complexity index is 1420. The summed E-state index contributed by atoms with van der Waals surface area (Å²) in [6.07, 6.45) is 7.47. The van der Waals surface area contributed by atoms with Crippen LogP contribution in [0.5, 0.6) is 0 Å². The number of nitrogens with zero attached hydrogens (tertiary/aromatic N) is 1. The normalized spacial score (nSPS) is 25.5. The predicted molar refractivity (Wildman–Crippen MR) is 193 cm³/mol. The number of amides is 5. The first-order valence-electron chi connectivity index (χ1n) is 18.8. The number of ketones is 1. The number of Topliss-reactive ketones (excluding diaryl/α,β-unsaturated/α-hetero) is 1. The first kappa shape index (κ1) is 40.1. The van der Waals surface area contributed by atoms with Crippen LogP contribution < -0.4 is 21.3 Å². The maximum Gasteiger partial charge on any atom is 0.315 e. The molecule has 0 aromatic rings. The van der Waals surface area contributed by atoms with Gasteiger partial charge in [-0.2, -0.15) is 0 Å². The Kier molecular flexibility index (Phi) is 11.8. The molecular formula is C37H63N5O7S. The number of nitrogens with one attached hydrogen (secondary N) is 4. The van der Waals surface area contributed by atoms with Crippen molar-refractivity contribution >= 4 is 39.4 Å². The number of hydrogen-bond acceptors (Lipinski definition) is 7. The van der Waals surface area contributed by atoms with Crippen molar-refractivity contribution in [2.75, 3.05) is 18.8 Å². The van der Waals surface area contributed by atoms with Gasteiger partial charge in [-0.05, 0) is 81.5 Å². The molecule has 1 unspecified atom stereocenters. The Morgan fingerprint density at radius 2 is 1.54 bits per heavy atom. The first-order valence-corrected chi connectivity index (χ1v) is 20.4. The van der Waals surface area contributed by atoms with E-state index < -0.39 is 73.2 Å². The fourth-order valence-corrected chi connectivity index (χ4v) is 9.49. The van der Waals surface area contributed by atoms with E-state index in [0.29, 0.717) is 44.7 Å². The quantitative estimate of drug-likeness (QED) is 0.197. The van der Waals surface area contributed by atoms with E-state index in [4.69, 9.17) is 0 Å². The molecule has 5 atom stereocenters. The molecule has 0 aromatic carbocycles. The van der Waals surface area contributed by atoms with Gasteiger partial charge < -0.3 is 26.2 Å². The summed E-state index contributed by atoms with van der Waals surface area (Å²) in [5, 5.41) is 11.4. The SMILES string of the molecule is CCCNC(=O)C(=O)C(CCC1CC1)NC(=O)[C@@H]1[C@@H]2[C@H](CN1C(=O)[C@@H](NC(=O)NC1(CS(=O)(=O)C(C)(C)C)CCCCC1)C(C)(C)C)C2(C)C. The number of hydrogen-bond donors (Lipinski definition) is 4. The molecule has 50 heavy (non-hydrogen) atoms. The Morgan fingerprint density at radius 1 is 0.920 bits per heavy atom. The van der Waals surface area contributed by atoms with Crippen LogP contribution in [0.25, 0.3) is 0 Å². The van der Waals surface area contributed by atoms with Crippen LogP contribution in [0.3, 0.4) is 0 Å². The zero-order chi connectivity index (χ0) is 37.4. The molecule has 12 nitrogen and oxygen atoms in total. The number of rotatable bonds is 14. The van der Waals surface area contributed by atoms with Crippen molar-refractivity contribution in [1.82, 2.24) is 26.2 Å². The van der Waals surface area contributed by atoms with Gasteiger partial charge in [-0.3, -0.25) is 19.2 Å². The number of likely N-dealkylation sites (tertiary alicyclic amines) is 1. The highest BCUT2D eigenvalue weighted by molar-refractivity contribution is 7.92. The summed E-state index contributed by atoms with van der Waals surface area (Å²) in [5.41, 5.74) is -1.90. The van der Waals surface area contributed by atoms with Gasteiger partial charge in [0, 0.05) is 13.1 Å². The highest BCUT2D eigenvalue weighted by Crippen LogP contribution is 2.65. The lowest BCUT2D eigenvalue weighted by Crippen LogP contribution is -2.64. The van der Waals surface area contributed by atoms with Crippen molar-refractivity contribution in [3.63, 3.8) is 0 Å². The van der Waals surface area contributed by atoms with Gasteiger partial charge in [0.05, 0.1) is 22.1 Å². The largest absolute Gasteiger partial charge is 0.349 e. The van der Waals surface area contributed by atoms with Crippen LogP contribution in [0, 0.1) is 28.6 Å². The molecule has 1 aliphatic heterocycles. The van der Waals surface area contributed by atoms with E-state index in [1.807, 2.05) is 27.7 Å². The second-order valence-corrected chi connectivity index (χ2v) is 20.9. The lowest BCUT2D eigenvalue weighted by atomic mass is 9.83. The highest BCUT2D eigenvalue weighted by Gasteiger charge is 2.70. The zero-order valence-electron chi connectivity index (χ0n) is 31.9. The summed E-state index contributed by atoms with van der Waals surface area (Å²) < 4.78 is 25.7. The van der Waals surface area contributed by atoms with Crippen LogP contribution in [0.1, 0.15) is 127 Å². The third-order valence-electron chi connectivity index (χ3n) is 11.7. The molecule has 4 fully saturated rings. The molecule has 4 aliphatic rings. The van der Waals surface area contributed by atoms with Gasteiger partial charge in [-0.25, -0.2) is 13.2 Å². The van der Waals surface area contributed by atoms with E-state index in [9.17, 15) is 32.4 Å². The van der Waals surface area contributed by atoms with Gasteiger partial charge in [0.1, 0.15) is 12.1 Å². The highest BCUT2D eigenvalue weighted by atomic mass is 32.2. The minimum absolute atomic E-state index is 0.0678. The standard InChI is InChI=1S/C37H63N5O7S/c1-10-20-38-31(45)28(43)25(17-16-23-14-15-23)39-30(44)27-26-24(36(26,8)9)21-42(27)32(46)29(34(2,3)4)40-33(47)41-37(18-12-11-13-19-37)22-50(48,49)35(5,6)7/h23-27,29H,10-22H2,1-9H3,(H,38,45)(H,39,44)(H2,40,41,47)/t24-,25?,26-,27-,29+/m0/s1. The smallest absolute Gasteiger partial charge is 0.315 e. The number of sulfone groups is 1. The summed E-state index contributed by atoms with van der Waals surface area (Å²) in [4.78, 5) is 69.9. The molecule has 13 heteroatoms. The molecule has 1 heterocycles. The van der Waals surface area contributed by atoms with E-state index >= 15 is 0 Å². The molecule has 1 saturated heterocycles. The molecule has 0 bridgehead atoms. The van der Waals surface area contributed by atoms with Crippen molar-refractivity contribution in [2.24, 2.45) is 28.6 Å². The summed E-state index contributed by atoms with van der Waals surface area (Å²) in [5.74, 6) is -2.02. The minimum Gasteiger partial charge on any atom is -0.349 e. The number of carbonyl (C=O) groups excluding carboxylic acids is 5. The van der Waals surface area contributed by atoms with Crippen LogP contribution in [-0.2, 0) is 29.0 Å². The molecular weight excluding hydrogens is 659 g/mol. The first-order chi connectivity index (χ1) is 23.0. The average molecular weight is 722 g/mol. The number of urea groups is 1. The number of fused-ring (bicyclic) bond motifs is 1. The molecule has 3 aliphatic carbocycles. The van der Waals surface area contributed by atoms with Crippen LogP contribution in [-0.4, -0.2) is 90.1 Å². The van der Waals surface area contributed by atoms with Crippen LogP contribution >= 0.6 is 0 Å². The van der Waals surface area contributed by atoms with Crippen molar-refractivity contribution in [2.45, 2.75) is 155 Å². The Labute approximate surface area is 299 Å². The lowest BCUT2D eigenvalue weighted by Gasteiger charge is -2.41. The van der Waals surface area contributed by atoms with Crippen LogP contribution in [0.15, 0.2) is 0 Å². The molecule has 0 radical (unpaired) electrons. The van der Waals surface area contributed by atoms with Crippen molar-refractivity contribution in [3.8, 4) is 0 Å². The Balaban J connectivity index is 1.54. The number of piperidine rings is 1. The van der Waals surface area contributed by atoms with E-state index in [-0.39, 0.29) is 23.0 Å². The Hall–Kier alpha value is -2.70. The third kappa shape index (κ3) is 9.02. The van der Waals surface area contributed by atoms with E-state index in [1.54, 1.807) is 25.7 Å². The third-order valence-corrected chi connectivity index (χ3v) is 14.5. The maximum atomic E-state index is 14.5. The van der Waals surface area contributed by atoms with Gasteiger partial charge in [0.15, 0.2) is 9.84 Å². The molecule has 284 valence electrons. The zero-order valence-corrected chi connectivity index (χ0v) is 32.7. The van der Waals surface area contributed by atoms with Gasteiger partial charge in [0.2, 0.25) is 17.6 Å². The molecule has 3 saturated carbocycles. The second kappa shape index (κ2) is 14.7. The van der Waals surface area contributed by atoms with E-state index in [2.05, 4.69) is 35.1 Å². The Morgan fingerprint density at radius 3 is 2.08 bits per heavy atom. The average Bonchev–Trinajstić information content (AvgIpc) is 3.87. The van der Waals surface area contributed by atoms with Crippen LogP contribution in [0.2, 0.25) is 0 Å². The predicted octanol–water partition coefficient (Wildman–Crippen LogP) is 3.87. The summed E-state index contributed by atoms with van der Waals surface area (Å²) in [6.45, 7) is 17.2. The molecule has 4 rings (SSSR count). The van der Waals surface area contributed by atoms with Crippen LogP contribution in [0.4, 0.5) is 4.79 Å². The number of carbonyl (C=O) groups is 5. The molecule has 4 N–H and O–H groups in total. The minimum atomic E-state index is -3.56. The summed E-state index contributed by atoms with van der Waals surface area (Å²) in [6, 6.07) is -3.49. The maximum absolute atomic E-state index is 14.5. The second-order valence-electron chi connectivity index (χ2n) is 18.2. The lowest BCUT2D eigenvalue weighted by molar-refractivity contribution is -0.145. The van der Waals surface area contributed by atoms with Crippen molar-refractivity contribution < 1.29 is 32.4 Å². The van der Waals surface area contributed by atoms with Crippen molar-refractivity contribution in [1.29, 1.82) is 0 Å². The van der Waals surface area contributed by atoms with Gasteiger partial charge in [-0.1, -0.05) is 73.6 Å². The fourth-order valence-electron chi connectivity index (χ4n) is 7.97. The molecule has 5 amide bonds. The van der Waals surface area contributed by atoms with E-state index in [0.717, 1.165) is 38.5 Å². The molecule has 0 aromatic heterocycles. The van der Waals surface area contributed by atoms with E-state index in [1.165, 1.54) is 0 Å². The summed E-state index contributed by atoms with van der Waals surface area (Å²) >= 11 is 0. The summed E-state index contributed by atoms with van der Waals surface area (Å²) in [7, 11) is -3.56. The van der Waals surface area contributed by atoms with Gasteiger partial charge in [0.25, 0.3) is 5.91 Å². The molecule has 0 spiro atoms. The van der Waals surface area contributed by atoms with Crippen molar-refractivity contribution in [3.05, 3.63) is 0 Å². The monoisotopic (exact) mass is 721 g/mol. The fraction of sp³-hybridized carbons (Fsp3) is 0.865. The van der Waals surface area contributed by atoms with Gasteiger partial charge in [-0.15, -0.1) is 0 Å².